The molecule has 1 heterocycles. The van der Waals surface area contributed by atoms with Crippen molar-refractivity contribution in [3.63, 3.8) is 0 Å². The minimum atomic E-state index is 0.116. The highest BCUT2D eigenvalue weighted by atomic mass is 35.5. The third-order valence-corrected chi connectivity index (χ3v) is 4.18. The molecule has 0 aromatic heterocycles. The zero-order valence-corrected chi connectivity index (χ0v) is 13.3. The Morgan fingerprint density at radius 1 is 1.38 bits per heavy atom. The summed E-state index contributed by atoms with van der Waals surface area (Å²) in [4.78, 5) is 14.4. The molecule has 4 heteroatoms. The van der Waals surface area contributed by atoms with E-state index in [0.717, 1.165) is 37.9 Å². The molecule has 1 amide bonds. The first kappa shape index (κ1) is 16.1. The van der Waals surface area contributed by atoms with Crippen molar-refractivity contribution in [2.75, 3.05) is 20.1 Å². The van der Waals surface area contributed by atoms with Gasteiger partial charge in [-0.15, -0.1) is 0 Å². The fourth-order valence-electron chi connectivity index (χ4n) is 2.74. The summed E-state index contributed by atoms with van der Waals surface area (Å²) < 4.78 is 0. The first-order valence-corrected chi connectivity index (χ1v) is 7.97. The van der Waals surface area contributed by atoms with Gasteiger partial charge in [0.15, 0.2) is 0 Å². The van der Waals surface area contributed by atoms with Crippen LogP contribution in [0.3, 0.4) is 0 Å². The molecule has 0 saturated carbocycles. The molecule has 1 atom stereocenters. The molecule has 1 aliphatic rings. The summed E-state index contributed by atoms with van der Waals surface area (Å²) in [5.74, 6) is 0.116. The molecule has 0 bridgehead atoms. The first-order valence-electron chi connectivity index (χ1n) is 7.59. The number of likely N-dealkylation sites (tertiary alicyclic amines) is 1. The van der Waals surface area contributed by atoms with Crippen LogP contribution in [0.15, 0.2) is 30.3 Å². The van der Waals surface area contributed by atoms with Crippen LogP contribution in [-0.4, -0.2) is 37.0 Å². The summed E-state index contributed by atoms with van der Waals surface area (Å²) in [6.07, 6.45) is 8.01. The van der Waals surface area contributed by atoms with Gasteiger partial charge >= 0.3 is 0 Å². The molecule has 1 fully saturated rings. The van der Waals surface area contributed by atoms with Gasteiger partial charge in [0.2, 0.25) is 5.91 Å². The van der Waals surface area contributed by atoms with Crippen molar-refractivity contribution in [1.82, 2.24) is 10.2 Å². The largest absolute Gasteiger partial charge is 0.336 e. The van der Waals surface area contributed by atoms with Gasteiger partial charge in [0.25, 0.3) is 0 Å². The number of carbonyl (C=O) groups is 1. The van der Waals surface area contributed by atoms with Gasteiger partial charge in [-0.3, -0.25) is 4.79 Å². The number of rotatable bonds is 5. The van der Waals surface area contributed by atoms with E-state index < -0.39 is 0 Å². The lowest BCUT2D eigenvalue weighted by Crippen LogP contribution is -2.44. The highest BCUT2D eigenvalue weighted by molar-refractivity contribution is 6.30. The van der Waals surface area contributed by atoms with Crippen LogP contribution in [0.1, 0.15) is 31.2 Å². The molecule has 1 unspecified atom stereocenters. The van der Waals surface area contributed by atoms with Gasteiger partial charge in [-0.1, -0.05) is 23.7 Å². The van der Waals surface area contributed by atoms with Gasteiger partial charge in [-0.25, -0.2) is 0 Å². The molecule has 21 heavy (non-hydrogen) atoms. The number of nitrogens with zero attached hydrogens (tertiary/aromatic N) is 1. The number of halogens is 1. The van der Waals surface area contributed by atoms with E-state index in [0.29, 0.717) is 11.1 Å². The number of hydrogen-bond donors (Lipinski definition) is 1. The predicted octanol–water partition coefficient (Wildman–Crippen LogP) is 3.34. The molecule has 0 spiro atoms. The van der Waals surface area contributed by atoms with Gasteiger partial charge < -0.3 is 10.2 Å². The molecule has 1 aromatic rings. The van der Waals surface area contributed by atoms with Crippen molar-refractivity contribution < 1.29 is 4.79 Å². The molecule has 3 nitrogen and oxygen atoms in total. The van der Waals surface area contributed by atoms with Crippen LogP contribution in [0, 0.1) is 0 Å². The van der Waals surface area contributed by atoms with Crippen molar-refractivity contribution in [2.45, 2.75) is 31.7 Å². The summed E-state index contributed by atoms with van der Waals surface area (Å²) in [6.45, 7) is 1.83. The van der Waals surface area contributed by atoms with Crippen molar-refractivity contribution in [1.29, 1.82) is 0 Å². The minimum Gasteiger partial charge on any atom is -0.336 e. The van der Waals surface area contributed by atoms with Gasteiger partial charge in [-0.2, -0.15) is 0 Å². The van der Waals surface area contributed by atoms with E-state index in [1.54, 1.807) is 6.08 Å². The van der Waals surface area contributed by atoms with Crippen LogP contribution in [0.4, 0.5) is 0 Å². The Balaban J connectivity index is 1.98. The molecule has 2 rings (SSSR count). The van der Waals surface area contributed by atoms with Crippen LogP contribution >= 0.6 is 11.6 Å². The Labute approximate surface area is 132 Å². The van der Waals surface area contributed by atoms with Crippen LogP contribution in [-0.2, 0) is 4.79 Å². The second-order valence-corrected chi connectivity index (χ2v) is 5.89. The fraction of sp³-hybridized carbons (Fsp3) is 0.471. The average molecular weight is 307 g/mol. The van der Waals surface area contributed by atoms with Crippen LogP contribution < -0.4 is 5.32 Å². The molecular formula is C17H23ClN2O. The number of carbonyl (C=O) groups excluding carboxylic acids is 1. The fourth-order valence-corrected chi connectivity index (χ4v) is 2.86. The Hall–Kier alpha value is -1.32. The molecular weight excluding hydrogens is 284 g/mol. The van der Waals surface area contributed by atoms with E-state index in [-0.39, 0.29) is 5.91 Å². The third kappa shape index (κ3) is 4.87. The lowest BCUT2D eigenvalue weighted by atomic mass is 9.99. The van der Waals surface area contributed by atoms with Crippen LogP contribution in [0.2, 0.25) is 5.02 Å². The molecule has 1 aromatic carbocycles. The number of hydrogen-bond acceptors (Lipinski definition) is 2. The summed E-state index contributed by atoms with van der Waals surface area (Å²) in [5, 5.41) is 3.88. The van der Waals surface area contributed by atoms with E-state index in [4.69, 9.17) is 11.6 Å². The number of nitrogens with one attached hydrogen (secondary N) is 1. The van der Waals surface area contributed by atoms with Gasteiger partial charge in [0.1, 0.15) is 0 Å². The number of amides is 1. The Kier molecular flexibility index (Phi) is 6.27. The van der Waals surface area contributed by atoms with Gasteiger partial charge in [0.05, 0.1) is 0 Å². The van der Waals surface area contributed by atoms with E-state index in [1.807, 2.05) is 42.3 Å². The normalized spacial score (nSPS) is 19.1. The van der Waals surface area contributed by atoms with Gasteiger partial charge in [0, 0.05) is 23.7 Å². The smallest absolute Gasteiger partial charge is 0.246 e. The summed E-state index contributed by atoms with van der Waals surface area (Å²) in [6, 6.07) is 7.88. The highest BCUT2D eigenvalue weighted by Crippen LogP contribution is 2.20. The first-order chi connectivity index (χ1) is 10.2. The Bertz CT molecular complexity index is 484. The zero-order chi connectivity index (χ0) is 15.1. The van der Waals surface area contributed by atoms with Crippen molar-refractivity contribution in [3.05, 3.63) is 40.9 Å². The second kappa shape index (κ2) is 8.20. The lowest BCUT2D eigenvalue weighted by molar-refractivity contribution is -0.129. The highest BCUT2D eigenvalue weighted by Gasteiger charge is 2.24. The third-order valence-electron chi connectivity index (χ3n) is 3.93. The maximum atomic E-state index is 12.4. The summed E-state index contributed by atoms with van der Waals surface area (Å²) in [7, 11) is 1.95. The maximum Gasteiger partial charge on any atom is 0.246 e. The molecule has 1 N–H and O–H groups in total. The standard InChI is InChI=1S/C17H23ClN2O/c1-19-12-11-16-4-2-3-13-20(16)17(21)10-7-14-5-8-15(18)9-6-14/h5-10,16,19H,2-4,11-13H2,1H3. The van der Waals surface area contributed by atoms with Gasteiger partial charge in [-0.05, 0) is 63.0 Å². The Morgan fingerprint density at radius 2 is 2.14 bits per heavy atom. The summed E-state index contributed by atoms with van der Waals surface area (Å²) >= 11 is 5.86. The quantitative estimate of drug-likeness (QED) is 0.846. The maximum absolute atomic E-state index is 12.4. The van der Waals surface area contributed by atoms with Crippen molar-refractivity contribution >= 4 is 23.6 Å². The van der Waals surface area contributed by atoms with Crippen molar-refractivity contribution in [3.8, 4) is 0 Å². The monoisotopic (exact) mass is 306 g/mol. The zero-order valence-electron chi connectivity index (χ0n) is 12.5. The van der Waals surface area contributed by atoms with E-state index in [2.05, 4.69) is 5.32 Å². The molecule has 1 saturated heterocycles. The number of piperidine rings is 1. The van der Waals surface area contributed by atoms with E-state index in [1.165, 1.54) is 6.42 Å². The minimum absolute atomic E-state index is 0.116. The summed E-state index contributed by atoms with van der Waals surface area (Å²) in [5.41, 5.74) is 0.997. The topological polar surface area (TPSA) is 32.3 Å². The SMILES string of the molecule is CNCCC1CCCCN1C(=O)C=Cc1ccc(Cl)cc1. The van der Waals surface area contributed by atoms with Crippen LogP contribution in [0.25, 0.3) is 6.08 Å². The predicted molar refractivity (Wildman–Crippen MR) is 88.4 cm³/mol. The van der Waals surface area contributed by atoms with E-state index >= 15 is 0 Å². The molecule has 114 valence electrons. The molecule has 1 aliphatic heterocycles. The van der Waals surface area contributed by atoms with Crippen LogP contribution in [0.5, 0.6) is 0 Å². The number of benzene rings is 1. The lowest BCUT2D eigenvalue weighted by Gasteiger charge is -2.35. The average Bonchev–Trinajstić information content (AvgIpc) is 2.52. The van der Waals surface area contributed by atoms with E-state index in [9.17, 15) is 4.79 Å². The molecule has 0 aliphatic carbocycles. The Morgan fingerprint density at radius 3 is 2.86 bits per heavy atom. The molecule has 0 radical (unpaired) electrons. The second-order valence-electron chi connectivity index (χ2n) is 5.46. The van der Waals surface area contributed by atoms with Crippen molar-refractivity contribution in [2.24, 2.45) is 0 Å².